The summed E-state index contributed by atoms with van der Waals surface area (Å²) in [4.78, 5) is 14.4. The number of amides is 1. The Bertz CT molecular complexity index is 332. The summed E-state index contributed by atoms with van der Waals surface area (Å²) in [5, 5.41) is 13.7. The van der Waals surface area contributed by atoms with Gasteiger partial charge >= 0.3 is 0 Å². The minimum Gasteiger partial charge on any atom is -0.391 e. The molecule has 0 aromatic carbocycles. The first-order chi connectivity index (χ1) is 10.1. The van der Waals surface area contributed by atoms with Crippen molar-refractivity contribution in [2.45, 2.75) is 75.3 Å². The van der Waals surface area contributed by atoms with Crippen molar-refractivity contribution in [2.75, 3.05) is 19.3 Å². The first-order valence-electron chi connectivity index (χ1n) is 8.34. The number of aliphatic hydroxyl groups is 1. The van der Waals surface area contributed by atoms with E-state index in [1.165, 1.54) is 6.42 Å². The summed E-state index contributed by atoms with van der Waals surface area (Å²) in [6, 6.07) is 0.676. The van der Waals surface area contributed by atoms with Gasteiger partial charge in [-0.1, -0.05) is 19.8 Å². The highest BCUT2D eigenvalue weighted by Crippen LogP contribution is 2.26. The van der Waals surface area contributed by atoms with Crippen LogP contribution in [0, 0.1) is 0 Å². The van der Waals surface area contributed by atoms with Crippen molar-refractivity contribution in [1.29, 1.82) is 0 Å². The molecule has 1 heterocycles. The van der Waals surface area contributed by atoms with Crippen molar-refractivity contribution >= 4 is 17.7 Å². The van der Waals surface area contributed by atoms with Crippen molar-refractivity contribution in [3.8, 4) is 0 Å². The zero-order valence-electron chi connectivity index (χ0n) is 13.4. The molecule has 5 heteroatoms. The maximum atomic E-state index is 11.9. The lowest BCUT2D eigenvalue weighted by Gasteiger charge is -2.41. The number of carbonyl (C=O) groups is 1. The van der Waals surface area contributed by atoms with E-state index in [0.717, 1.165) is 45.2 Å². The van der Waals surface area contributed by atoms with E-state index in [0.29, 0.717) is 23.8 Å². The van der Waals surface area contributed by atoms with E-state index in [-0.39, 0.29) is 12.0 Å². The van der Waals surface area contributed by atoms with Crippen molar-refractivity contribution in [3.63, 3.8) is 0 Å². The molecule has 2 aliphatic rings. The molecule has 1 amide bonds. The molecule has 21 heavy (non-hydrogen) atoms. The van der Waals surface area contributed by atoms with E-state index in [4.69, 9.17) is 0 Å². The van der Waals surface area contributed by atoms with Crippen LogP contribution in [0.3, 0.4) is 0 Å². The monoisotopic (exact) mass is 314 g/mol. The molecule has 3 atom stereocenters. The quantitative estimate of drug-likeness (QED) is 0.815. The Morgan fingerprint density at radius 2 is 1.95 bits per heavy atom. The molecular formula is C16H30N2O2S. The Kier molecular flexibility index (Phi) is 6.83. The smallest absolute Gasteiger partial charge is 0.221 e. The van der Waals surface area contributed by atoms with Gasteiger partial charge in [-0.3, -0.25) is 9.69 Å². The Morgan fingerprint density at radius 1 is 1.29 bits per heavy atom. The van der Waals surface area contributed by atoms with Gasteiger partial charge < -0.3 is 10.4 Å². The van der Waals surface area contributed by atoms with Crippen LogP contribution in [0.4, 0.5) is 0 Å². The zero-order chi connectivity index (χ0) is 15.2. The van der Waals surface area contributed by atoms with E-state index in [1.54, 1.807) is 11.8 Å². The summed E-state index contributed by atoms with van der Waals surface area (Å²) in [6.45, 7) is 4.10. The Labute approximate surface area is 133 Å². The van der Waals surface area contributed by atoms with Gasteiger partial charge in [0.05, 0.1) is 6.10 Å². The molecule has 122 valence electrons. The normalized spacial score (nSPS) is 30.0. The second kappa shape index (κ2) is 8.39. The predicted octanol–water partition coefficient (Wildman–Crippen LogP) is 2.01. The van der Waals surface area contributed by atoms with Gasteiger partial charge in [0.2, 0.25) is 5.91 Å². The molecule has 1 aliphatic carbocycles. The van der Waals surface area contributed by atoms with Crippen LogP contribution in [0.2, 0.25) is 0 Å². The average Bonchev–Trinajstić information content (AvgIpc) is 2.48. The number of nitrogens with one attached hydrogen (secondary N) is 1. The van der Waals surface area contributed by atoms with Crippen LogP contribution in [0.1, 0.15) is 51.9 Å². The van der Waals surface area contributed by atoms with Crippen molar-refractivity contribution in [3.05, 3.63) is 0 Å². The number of hydrogen-bond acceptors (Lipinski definition) is 4. The molecule has 0 aromatic heterocycles. The molecule has 0 aromatic rings. The largest absolute Gasteiger partial charge is 0.391 e. The molecule has 2 fully saturated rings. The van der Waals surface area contributed by atoms with Gasteiger partial charge in [-0.15, -0.1) is 0 Å². The second-order valence-corrected chi connectivity index (χ2v) is 7.82. The fourth-order valence-corrected chi connectivity index (χ4v) is 3.84. The Hall–Kier alpha value is -0.260. The van der Waals surface area contributed by atoms with Gasteiger partial charge in [0.1, 0.15) is 0 Å². The van der Waals surface area contributed by atoms with E-state index < -0.39 is 0 Å². The van der Waals surface area contributed by atoms with Gasteiger partial charge in [0.25, 0.3) is 0 Å². The number of rotatable bonds is 5. The van der Waals surface area contributed by atoms with Crippen LogP contribution in [-0.4, -0.2) is 58.7 Å². The van der Waals surface area contributed by atoms with Crippen LogP contribution in [0.25, 0.3) is 0 Å². The van der Waals surface area contributed by atoms with E-state index in [9.17, 15) is 9.90 Å². The summed E-state index contributed by atoms with van der Waals surface area (Å²) in [5.74, 6) is 0.188. The maximum absolute atomic E-state index is 11.9. The number of hydrogen-bond donors (Lipinski definition) is 2. The molecule has 1 saturated carbocycles. The Balaban J connectivity index is 1.71. The SMILES string of the molecule is CSC(C)CC(=O)NC1CCN(C2CCCCC2O)CC1. The third kappa shape index (κ3) is 5.15. The van der Waals surface area contributed by atoms with Crippen molar-refractivity contribution < 1.29 is 9.90 Å². The fraction of sp³-hybridized carbons (Fsp3) is 0.938. The first kappa shape index (κ1) is 17.1. The van der Waals surface area contributed by atoms with Gasteiger partial charge in [-0.25, -0.2) is 0 Å². The molecular weight excluding hydrogens is 284 g/mol. The molecule has 1 saturated heterocycles. The number of nitrogens with zero attached hydrogens (tertiary/aromatic N) is 1. The molecule has 0 spiro atoms. The van der Waals surface area contributed by atoms with E-state index >= 15 is 0 Å². The number of piperidine rings is 1. The minimum atomic E-state index is -0.146. The molecule has 2 rings (SSSR count). The number of aliphatic hydroxyl groups excluding tert-OH is 1. The number of thioether (sulfide) groups is 1. The topological polar surface area (TPSA) is 52.6 Å². The molecule has 0 radical (unpaired) electrons. The first-order valence-corrected chi connectivity index (χ1v) is 9.63. The molecule has 4 nitrogen and oxygen atoms in total. The summed E-state index contributed by atoms with van der Waals surface area (Å²) in [6.07, 6.45) is 9.03. The van der Waals surface area contributed by atoms with Crippen LogP contribution >= 0.6 is 11.8 Å². The van der Waals surface area contributed by atoms with Crippen LogP contribution in [-0.2, 0) is 4.79 Å². The van der Waals surface area contributed by atoms with Crippen molar-refractivity contribution in [2.24, 2.45) is 0 Å². The lowest BCUT2D eigenvalue weighted by molar-refractivity contribution is -0.122. The summed E-state index contributed by atoms with van der Waals surface area (Å²) in [7, 11) is 0. The lowest BCUT2D eigenvalue weighted by atomic mass is 9.89. The molecule has 1 aliphatic heterocycles. The lowest BCUT2D eigenvalue weighted by Crippen LogP contribution is -2.52. The third-order valence-corrected chi connectivity index (χ3v) is 5.90. The van der Waals surface area contributed by atoms with Gasteiger partial charge in [-0.05, 0) is 31.9 Å². The van der Waals surface area contributed by atoms with Crippen LogP contribution in [0.5, 0.6) is 0 Å². The Morgan fingerprint density at radius 3 is 2.57 bits per heavy atom. The zero-order valence-corrected chi connectivity index (χ0v) is 14.2. The highest BCUT2D eigenvalue weighted by atomic mass is 32.2. The highest BCUT2D eigenvalue weighted by molar-refractivity contribution is 7.99. The third-order valence-electron chi connectivity index (χ3n) is 4.93. The number of carbonyl (C=O) groups excluding carboxylic acids is 1. The highest BCUT2D eigenvalue weighted by Gasteiger charge is 2.31. The van der Waals surface area contributed by atoms with Crippen LogP contribution < -0.4 is 5.32 Å². The van der Waals surface area contributed by atoms with E-state index in [1.807, 2.05) is 6.26 Å². The minimum absolute atomic E-state index is 0.146. The number of likely N-dealkylation sites (tertiary alicyclic amines) is 1. The fourth-order valence-electron chi connectivity index (χ4n) is 3.52. The molecule has 0 bridgehead atoms. The van der Waals surface area contributed by atoms with Gasteiger partial charge in [-0.2, -0.15) is 11.8 Å². The molecule has 3 unspecified atom stereocenters. The standard InChI is InChI=1S/C16H30N2O2S/c1-12(21-2)11-16(20)17-13-7-9-18(10-8-13)14-5-3-4-6-15(14)19/h12-15,19H,3-11H2,1-2H3,(H,17,20). The summed E-state index contributed by atoms with van der Waals surface area (Å²) >= 11 is 1.74. The predicted molar refractivity (Wildman–Crippen MR) is 88.6 cm³/mol. The average molecular weight is 314 g/mol. The van der Waals surface area contributed by atoms with Crippen LogP contribution in [0.15, 0.2) is 0 Å². The van der Waals surface area contributed by atoms with Gasteiger partial charge in [0, 0.05) is 36.8 Å². The summed E-state index contributed by atoms with van der Waals surface area (Å²) in [5.41, 5.74) is 0. The maximum Gasteiger partial charge on any atom is 0.221 e. The van der Waals surface area contributed by atoms with Gasteiger partial charge in [0.15, 0.2) is 0 Å². The van der Waals surface area contributed by atoms with E-state index in [2.05, 4.69) is 17.1 Å². The second-order valence-electron chi connectivity index (χ2n) is 6.55. The van der Waals surface area contributed by atoms with Crippen molar-refractivity contribution in [1.82, 2.24) is 10.2 Å². The summed E-state index contributed by atoms with van der Waals surface area (Å²) < 4.78 is 0. The molecule has 2 N–H and O–H groups in total.